The van der Waals surface area contributed by atoms with Gasteiger partial charge in [-0.25, -0.2) is 17.9 Å². The fraction of sp³-hybridized carbons (Fsp3) is 0.300. The van der Waals surface area contributed by atoms with E-state index in [1.54, 1.807) is 24.3 Å². The molecular weight excluding hydrogens is 331 g/mol. The predicted octanol–water partition coefficient (Wildman–Crippen LogP) is 1.93. The Morgan fingerprint density at radius 1 is 1.22 bits per heavy atom. The number of urea groups is 1. The Hall–Kier alpha value is -0.0800. The summed E-state index contributed by atoms with van der Waals surface area (Å²) < 4.78 is 25.6. The van der Waals surface area contributed by atoms with Gasteiger partial charge in [0, 0.05) is 39.7 Å². The van der Waals surface area contributed by atoms with Crippen LogP contribution in [0.25, 0.3) is 0 Å². The fourth-order valence-corrected chi connectivity index (χ4v) is 1.75. The standard InChI is InChI=1S/C10H13BrN2O3S.Na/c1-7(2)17(15,16)13-10(14)12-9-5-3-8(11)4-6-9;/h3-7H,1-2H3,(H2,12,13,14);. The largest absolute Gasteiger partial charge is 0.332 e. The number of sulfonamides is 1. The molecule has 18 heavy (non-hydrogen) atoms. The van der Waals surface area contributed by atoms with Crippen LogP contribution in [-0.4, -0.2) is 49.3 Å². The van der Waals surface area contributed by atoms with Crippen molar-refractivity contribution in [2.75, 3.05) is 5.32 Å². The summed E-state index contributed by atoms with van der Waals surface area (Å²) in [5.74, 6) is 0. The molecule has 0 aliphatic heterocycles. The van der Waals surface area contributed by atoms with Crippen molar-refractivity contribution in [2.45, 2.75) is 19.1 Å². The molecule has 0 unspecified atom stereocenters. The molecule has 2 amide bonds. The Morgan fingerprint density at radius 2 is 1.72 bits per heavy atom. The first kappa shape index (κ1) is 17.9. The van der Waals surface area contributed by atoms with Gasteiger partial charge in [0.2, 0.25) is 10.0 Å². The molecular formula is C10H13BrN2NaO3S. The van der Waals surface area contributed by atoms with Crippen LogP contribution in [0.4, 0.5) is 10.5 Å². The number of carbonyl (C=O) groups excluding carboxylic acids is 1. The molecule has 1 aromatic carbocycles. The van der Waals surface area contributed by atoms with Gasteiger partial charge in [-0.15, -0.1) is 0 Å². The van der Waals surface area contributed by atoms with E-state index in [1.807, 2.05) is 4.72 Å². The predicted molar refractivity (Wildman–Crippen MR) is 76.1 cm³/mol. The summed E-state index contributed by atoms with van der Waals surface area (Å²) in [5, 5.41) is 1.78. The van der Waals surface area contributed by atoms with Gasteiger partial charge in [-0.2, -0.15) is 0 Å². The quantitative estimate of drug-likeness (QED) is 0.823. The average Bonchev–Trinajstić information content (AvgIpc) is 2.20. The maximum Gasteiger partial charge on any atom is 0.332 e. The van der Waals surface area contributed by atoms with E-state index >= 15 is 0 Å². The van der Waals surface area contributed by atoms with Crippen LogP contribution in [-0.2, 0) is 10.0 Å². The van der Waals surface area contributed by atoms with Gasteiger partial charge in [-0.05, 0) is 38.1 Å². The molecule has 0 heterocycles. The third-order valence-electron chi connectivity index (χ3n) is 1.96. The zero-order valence-corrected chi connectivity index (χ0v) is 14.8. The van der Waals surface area contributed by atoms with Gasteiger partial charge in [0.25, 0.3) is 0 Å². The first-order valence-electron chi connectivity index (χ1n) is 4.89. The van der Waals surface area contributed by atoms with E-state index in [1.165, 1.54) is 13.8 Å². The number of halogens is 1. The number of rotatable bonds is 3. The second-order valence-corrected chi connectivity index (χ2v) is 6.81. The monoisotopic (exact) mass is 343 g/mol. The number of hydrogen-bond donors (Lipinski definition) is 2. The fourth-order valence-electron chi connectivity index (χ4n) is 0.937. The van der Waals surface area contributed by atoms with Crippen LogP contribution < -0.4 is 10.0 Å². The maximum atomic E-state index is 11.4. The minimum Gasteiger partial charge on any atom is -0.307 e. The Bertz CT molecular complexity index is 502. The molecule has 0 atom stereocenters. The van der Waals surface area contributed by atoms with Crippen LogP contribution >= 0.6 is 15.9 Å². The molecule has 0 bridgehead atoms. The molecule has 0 spiro atoms. The number of benzene rings is 1. The zero-order chi connectivity index (χ0) is 13.1. The van der Waals surface area contributed by atoms with E-state index in [2.05, 4.69) is 21.2 Å². The third-order valence-corrected chi connectivity index (χ3v) is 4.20. The van der Waals surface area contributed by atoms with Crippen molar-refractivity contribution in [3.8, 4) is 0 Å². The smallest absolute Gasteiger partial charge is 0.307 e. The second-order valence-electron chi connectivity index (χ2n) is 3.66. The van der Waals surface area contributed by atoms with Crippen LogP contribution in [0, 0.1) is 0 Å². The SMILES string of the molecule is CC(C)S(=O)(=O)NC(=O)Nc1ccc(Br)cc1.[Na]. The summed E-state index contributed by atoms with van der Waals surface area (Å²) in [6, 6.07) is 6.04. The minimum absolute atomic E-state index is 0. The van der Waals surface area contributed by atoms with Gasteiger partial charge in [0.05, 0.1) is 5.25 Å². The summed E-state index contributed by atoms with van der Waals surface area (Å²) in [4.78, 5) is 11.4. The Kier molecular flexibility index (Phi) is 7.46. The molecule has 0 saturated heterocycles. The zero-order valence-electron chi connectivity index (χ0n) is 10.4. The van der Waals surface area contributed by atoms with E-state index in [-0.39, 0.29) is 29.6 Å². The molecule has 8 heteroatoms. The molecule has 1 rings (SSSR count). The van der Waals surface area contributed by atoms with Crippen LogP contribution in [0.3, 0.4) is 0 Å². The Labute approximate surface area is 137 Å². The molecule has 0 fully saturated rings. The van der Waals surface area contributed by atoms with Gasteiger partial charge in [-0.3, -0.25) is 0 Å². The van der Waals surface area contributed by atoms with Crippen LogP contribution in [0.15, 0.2) is 28.7 Å². The normalized spacial score (nSPS) is 10.7. The summed E-state index contributed by atoms with van der Waals surface area (Å²) in [7, 11) is -3.60. The van der Waals surface area contributed by atoms with Gasteiger partial charge in [0.15, 0.2) is 0 Å². The van der Waals surface area contributed by atoms with Crippen molar-refractivity contribution in [1.29, 1.82) is 0 Å². The van der Waals surface area contributed by atoms with Crippen LogP contribution in [0.1, 0.15) is 13.8 Å². The van der Waals surface area contributed by atoms with E-state index in [0.29, 0.717) is 5.69 Å². The Morgan fingerprint density at radius 3 is 2.17 bits per heavy atom. The number of anilines is 1. The first-order valence-corrected chi connectivity index (χ1v) is 7.23. The Balaban J connectivity index is 0.00000289. The molecule has 5 nitrogen and oxygen atoms in total. The van der Waals surface area contributed by atoms with Gasteiger partial charge in [-0.1, -0.05) is 15.9 Å². The molecule has 0 saturated carbocycles. The maximum absolute atomic E-state index is 11.4. The molecule has 0 aromatic heterocycles. The van der Waals surface area contributed by atoms with Crippen molar-refractivity contribution in [3.63, 3.8) is 0 Å². The second kappa shape index (κ2) is 7.49. The van der Waals surface area contributed by atoms with E-state index in [9.17, 15) is 13.2 Å². The van der Waals surface area contributed by atoms with Crippen molar-refractivity contribution in [1.82, 2.24) is 4.72 Å². The van der Waals surface area contributed by atoms with E-state index < -0.39 is 21.3 Å². The third kappa shape index (κ3) is 5.71. The molecule has 95 valence electrons. The van der Waals surface area contributed by atoms with Gasteiger partial charge in [0.1, 0.15) is 0 Å². The average molecular weight is 344 g/mol. The number of nitrogens with one attached hydrogen (secondary N) is 2. The molecule has 1 radical (unpaired) electrons. The number of carbonyl (C=O) groups is 1. The van der Waals surface area contributed by atoms with E-state index in [0.717, 1.165) is 4.47 Å². The number of amides is 2. The van der Waals surface area contributed by atoms with Crippen LogP contribution in [0.5, 0.6) is 0 Å². The molecule has 1 aromatic rings. The molecule has 0 aliphatic carbocycles. The first-order chi connectivity index (χ1) is 7.81. The van der Waals surface area contributed by atoms with Crippen molar-refractivity contribution < 1.29 is 13.2 Å². The van der Waals surface area contributed by atoms with Crippen molar-refractivity contribution in [2.24, 2.45) is 0 Å². The van der Waals surface area contributed by atoms with Crippen LogP contribution in [0.2, 0.25) is 0 Å². The summed E-state index contributed by atoms with van der Waals surface area (Å²) >= 11 is 3.26. The van der Waals surface area contributed by atoms with Gasteiger partial charge >= 0.3 is 6.03 Å². The topological polar surface area (TPSA) is 75.3 Å². The summed E-state index contributed by atoms with van der Waals surface area (Å²) in [6.45, 7) is 2.99. The van der Waals surface area contributed by atoms with Gasteiger partial charge < -0.3 is 5.32 Å². The minimum atomic E-state index is -3.60. The number of hydrogen-bond acceptors (Lipinski definition) is 3. The molecule has 2 N–H and O–H groups in total. The molecule has 0 aliphatic rings. The van der Waals surface area contributed by atoms with Crippen molar-refractivity contribution >= 4 is 67.2 Å². The van der Waals surface area contributed by atoms with Crippen molar-refractivity contribution in [3.05, 3.63) is 28.7 Å². The van der Waals surface area contributed by atoms with E-state index in [4.69, 9.17) is 0 Å². The summed E-state index contributed by atoms with van der Waals surface area (Å²) in [6.07, 6.45) is 0. The summed E-state index contributed by atoms with van der Waals surface area (Å²) in [5.41, 5.74) is 0.518.